The second-order valence-corrected chi connectivity index (χ2v) is 6.95. The van der Waals surface area contributed by atoms with Crippen molar-refractivity contribution < 1.29 is 19.5 Å². The molecule has 7 nitrogen and oxygen atoms in total. The minimum atomic E-state index is -1.30. The van der Waals surface area contributed by atoms with E-state index in [2.05, 4.69) is 5.32 Å². The van der Waals surface area contributed by atoms with Crippen LogP contribution in [0.15, 0.2) is 48.5 Å². The third kappa shape index (κ3) is 4.09. The van der Waals surface area contributed by atoms with Crippen LogP contribution in [0.3, 0.4) is 0 Å². The lowest BCUT2D eigenvalue weighted by Crippen LogP contribution is -2.54. The number of halogens is 2. The lowest BCUT2D eigenvalue weighted by atomic mass is 9.95. The summed E-state index contributed by atoms with van der Waals surface area (Å²) in [5.41, 5.74) is 1.96. The van der Waals surface area contributed by atoms with Gasteiger partial charge in [-0.25, -0.2) is 9.59 Å². The summed E-state index contributed by atoms with van der Waals surface area (Å²) in [5.74, 6) is -0.729. The van der Waals surface area contributed by atoms with Crippen LogP contribution in [0.4, 0.5) is 10.5 Å². The van der Waals surface area contributed by atoms with Crippen molar-refractivity contribution in [1.29, 1.82) is 0 Å². The summed E-state index contributed by atoms with van der Waals surface area (Å²) < 4.78 is 5.10. The number of hydrogen-bond acceptors (Lipinski definition) is 5. The highest BCUT2D eigenvalue weighted by Gasteiger charge is 2.38. The number of urea groups is 1. The summed E-state index contributed by atoms with van der Waals surface area (Å²) in [6.45, 7) is 1.76. The third-order valence-corrected chi connectivity index (χ3v) is 4.92. The average Bonchev–Trinajstić information content (AvgIpc) is 2.82. The number of nitrogens with one attached hydrogen (secondary N) is 1. The van der Waals surface area contributed by atoms with Gasteiger partial charge in [-0.15, -0.1) is 0 Å². The molecule has 0 aromatic heterocycles. The van der Waals surface area contributed by atoms with Crippen LogP contribution in [-0.4, -0.2) is 42.1 Å². The lowest BCUT2D eigenvalue weighted by Gasteiger charge is -2.31. The van der Waals surface area contributed by atoms with E-state index < -0.39 is 18.0 Å². The quantitative estimate of drug-likeness (QED) is 0.708. The number of hydrazine groups is 1. The Kier molecular flexibility index (Phi) is 6.44. The van der Waals surface area contributed by atoms with E-state index in [9.17, 15) is 14.8 Å². The Morgan fingerprint density at radius 2 is 1.90 bits per heavy atom. The Bertz CT molecular complexity index is 980. The molecule has 1 unspecified atom stereocenters. The van der Waals surface area contributed by atoms with Crippen LogP contribution in [0.5, 0.6) is 0 Å². The van der Waals surface area contributed by atoms with Crippen LogP contribution in [0.2, 0.25) is 10.0 Å². The highest BCUT2D eigenvalue weighted by atomic mass is 35.5. The zero-order chi connectivity index (χ0) is 21.1. The van der Waals surface area contributed by atoms with Crippen molar-refractivity contribution in [1.82, 2.24) is 10.5 Å². The molecule has 1 heterocycles. The summed E-state index contributed by atoms with van der Waals surface area (Å²) >= 11 is 12.6. The molecule has 1 aliphatic heterocycles. The van der Waals surface area contributed by atoms with E-state index in [0.29, 0.717) is 37.6 Å². The molecule has 9 heteroatoms. The molecule has 0 saturated carbocycles. The number of hydroxylamine groups is 1. The molecule has 0 saturated heterocycles. The largest absolute Gasteiger partial charge is 0.464 e. The summed E-state index contributed by atoms with van der Waals surface area (Å²) in [6, 6.07) is 9.90. The molecule has 152 valence electrons. The van der Waals surface area contributed by atoms with Crippen LogP contribution in [0, 0.1) is 0 Å². The fraction of sp³-hybridized carbons (Fsp3) is 0.200. The summed E-state index contributed by atoms with van der Waals surface area (Å²) in [4.78, 5) is 25.2. The van der Waals surface area contributed by atoms with Crippen LogP contribution in [0.1, 0.15) is 18.1 Å². The van der Waals surface area contributed by atoms with Crippen molar-refractivity contribution in [3.05, 3.63) is 69.7 Å². The van der Waals surface area contributed by atoms with E-state index in [4.69, 9.17) is 27.9 Å². The Morgan fingerprint density at radius 3 is 2.55 bits per heavy atom. The second kappa shape index (κ2) is 8.84. The molecule has 0 fully saturated rings. The normalized spacial score (nSPS) is 16.5. The molecule has 2 aromatic carbocycles. The summed E-state index contributed by atoms with van der Waals surface area (Å²) in [7, 11) is 1.42. The van der Waals surface area contributed by atoms with Gasteiger partial charge in [0, 0.05) is 28.2 Å². The minimum Gasteiger partial charge on any atom is -0.464 e. The first-order valence-corrected chi connectivity index (χ1v) is 9.57. The highest BCUT2D eigenvalue weighted by molar-refractivity contribution is 6.33. The predicted octanol–water partition coefficient (Wildman–Crippen LogP) is 4.12. The van der Waals surface area contributed by atoms with Gasteiger partial charge in [0.1, 0.15) is 0 Å². The molecule has 3 rings (SSSR count). The van der Waals surface area contributed by atoms with E-state index >= 15 is 0 Å². The minimum absolute atomic E-state index is 0.108. The van der Waals surface area contributed by atoms with Crippen molar-refractivity contribution in [2.75, 3.05) is 18.7 Å². The zero-order valence-electron chi connectivity index (χ0n) is 15.7. The van der Waals surface area contributed by atoms with E-state index in [0.717, 1.165) is 5.01 Å². The maximum Gasteiger partial charge on any atom is 0.338 e. The highest BCUT2D eigenvalue weighted by Crippen LogP contribution is 2.40. The van der Waals surface area contributed by atoms with Crippen LogP contribution < -0.4 is 10.3 Å². The number of anilines is 1. The Balaban J connectivity index is 2.32. The van der Waals surface area contributed by atoms with Crippen LogP contribution >= 0.6 is 23.2 Å². The molecule has 0 aliphatic carbocycles. The maximum absolute atomic E-state index is 12.6. The Labute approximate surface area is 178 Å². The number of esters is 1. The number of fused-ring (bicyclic) bond motifs is 1. The van der Waals surface area contributed by atoms with Gasteiger partial charge in [0.05, 0.1) is 12.3 Å². The van der Waals surface area contributed by atoms with E-state index in [1.54, 1.807) is 49.4 Å². The number of amides is 2. The van der Waals surface area contributed by atoms with Crippen molar-refractivity contribution in [2.24, 2.45) is 0 Å². The fourth-order valence-corrected chi connectivity index (χ4v) is 3.48. The van der Waals surface area contributed by atoms with Crippen molar-refractivity contribution in [2.45, 2.75) is 13.0 Å². The van der Waals surface area contributed by atoms with E-state index in [-0.39, 0.29) is 6.61 Å². The van der Waals surface area contributed by atoms with E-state index in [1.165, 1.54) is 13.1 Å². The summed E-state index contributed by atoms with van der Waals surface area (Å²) in [6.07, 6.45) is 1.50. The van der Waals surface area contributed by atoms with Gasteiger partial charge in [0.25, 0.3) is 0 Å². The first kappa shape index (κ1) is 21.1. The molecule has 1 aliphatic rings. The third-order valence-electron chi connectivity index (χ3n) is 4.35. The standard InChI is InChI=1S/C20H19Cl2N3O4/c1-3-29-19(26)18-11-14(13-6-4-5-7-16(13)22)15-10-12(21)8-9-17(15)24(25(18)28)20(27)23-2/h4-11,18,28H,3H2,1-2H3,(H,23,27). The molecule has 0 radical (unpaired) electrons. The predicted molar refractivity (Wildman–Crippen MR) is 111 cm³/mol. The number of ether oxygens (including phenoxy) is 1. The molecule has 2 amide bonds. The van der Waals surface area contributed by atoms with Gasteiger partial charge >= 0.3 is 12.0 Å². The first-order valence-electron chi connectivity index (χ1n) is 8.82. The van der Waals surface area contributed by atoms with Crippen molar-refractivity contribution >= 4 is 46.5 Å². The van der Waals surface area contributed by atoms with Gasteiger partial charge in [-0.05, 0) is 42.8 Å². The number of rotatable bonds is 3. The second-order valence-electron chi connectivity index (χ2n) is 6.11. The Hall–Kier alpha value is -2.58. The zero-order valence-corrected chi connectivity index (χ0v) is 17.2. The number of hydrogen-bond donors (Lipinski definition) is 2. The van der Waals surface area contributed by atoms with E-state index in [1.807, 2.05) is 0 Å². The Morgan fingerprint density at radius 1 is 1.17 bits per heavy atom. The monoisotopic (exact) mass is 435 g/mol. The smallest absolute Gasteiger partial charge is 0.338 e. The van der Waals surface area contributed by atoms with Gasteiger partial charge < -0.3 is 10.1 Å². The molecule has 2 N–H and O–H groups in total. The van der Waals surface area contributed by atoms with Crippen LogP contribution in [0.25, 0.3) is 5.57 Å². The van der Waals surface area contributed by atoms with Gasteiger partial charge in [0.2, 0.25) is 0 Å². The molecular formula is C20H19Cl2N3O4. The topological polar surface area (TPSA) is 82.1 Å². The molecule has 0 spiro atoms. The van der Waals surface area contributed by atoms with Gasteiger partial charge in [-0.3, -0.25) is 5.21 Å². The molecule has 2 aromatic rings. The van der Waals surface area contributed by atoms with Gasteiger partial charge in [0.15, 0.2) is 6.04 Å². The maximum atomic E-state index is 12.6. The number of benzene rings is 2. The first-order chi connectivity index (χ1) is 13.9. The molecular weight excluding hydrogens is 417 g/mol. The molecule has 29 heavy (non-hydrogen) atoms. The number of nitrogens with zero attached hydrogens (tertiary/aromatic N) is 2. The van der Waals surface area contributed by atoms with Gasteiger partial charge in [-0.2, -0.15) is 5.01 Å². The molecule has 0 bridgehead atoms. The summed E-state index contributed by atoms with van der Waals surface area (Å²) in [5, 5.41) is 15.6. The lowest BCUT2D eigenvalue weighted by molar-refractivity contribution is -0.168. The average molecular weight is 436 g/mol. The molecule has 1 atom stereocenters. The SMILES string of the molecule is CCOC(=O)C1C=C(c2ccccc2Cl)c2cc(Cl)ccc2N(C(=O)NC)N1O. The van der Waals surface area contributed by atoms with Crippen molar-refractivity contribution in [3.63, 3.8) is 0 Å². The van der Waals surface area contributed by atoms with Crippen LogP contribution in [-0.2, 0) is 9.53 Å². The number of carbonyl (C=O) groups is 2. The van der Waals surface area contributed by atoms with Crippen molar-refractivity contribution in [3.8, 4) is 0 Å². The van der Waals surface area contributed by atoms with Gasteiger partial charge in [-0.1, -0.05) is 46.6 Å². The fourth-order valence-electron chi connectivity index (χ4n) is 3.07. The number of carbonyl (C=O) groups excluding carboxylic acids is 2.